The van der Waals surface area contributed by atoms with Gasteiger partial charge in [0.25, 0.3) is 5.56 Å². The van der Waals surface area contributed by atoms with E-state index in [-0.39, 0.29) is 24.3 Å². The first-order chi connectivity index (χ1) is 8.52. The molecule has 0 fully saturated rings. The molecule has 1 heterocycles. The van der Waals surface area contributed by atoms with E-state index in [9.17, 15) is 14.4 Å². The number of carboxylic acids is 1. The fraction of sp³-hybridized carbons (Fsp3) is 0.417. The largest absolute Gasteiger partial charge is 0.481 e. The van der Waals surface area contributed by atoms with E-state index in [4.69, 9.17) is 5.11 Å². The smallest absolute Gasteiger partial charge is 0.303 e. The van der Waals surface area contributed by atoms with Crippen LogP contribution >= 0.6 is 0 Å². The van der Waals surface area contributed by atoms with Crippen molar-refractivity contribution in [3.63, 3.8) is 0 Å². The topological polar surface area (TPSA) is 88.4 Å². The van der Waals surface area contributed by atoms with Crippen LogP contribution in [0.15, 0.2) is 23.1 Å². The highest BCUT2D eigenvalue weighted by atomic mass is 16.4. The lowest BCUT2D eigenvalue weighted by atomic mass is 10.3. The molecule has 1 aromatic rings. The number of aliphatic carboxylic acids is 1. The highest BCUT2D eigenvalue weighted by molar-refractivity contribution is 5.92. The molecule has 0 saturated carbocycles. The summed E-state index contributed by atoms with van der Waals surface area (Å²) in [7, 11) is 0. The Morgan fingerprint density at radius 2 is 2.06 bits per heavy atom. The zero-order chi connectivity index (χ0) is 13.5. The van der Waals surface area contributed by atoms with Gasteiger partial charge in [-0.05, 0) is 12.5 Å². The molecular formula is C12H16N2O4. The molecule has 98 valence electrons. The lowest BCUT2D eigenvalue weighted by Crippen LogP contribution is -2.20. The molecule has 18 heavy (non-hydrogen) atoms. The number of carbonyl (C=O) groups is 2. The summed E-state index contributed by atoms with van der Waals surface area (Å²) in [6.07, 6.45) is 2.09. The number of nitrogens with one attached hydrogen (secondary N) is 1. The van der Waals surface area contributed by atoms with E-state index in [2.05, 4.69) is 5.32 Å². The average Bonchev–Trinajstić information content (AvgIpc) is 2.31. The van der Waals surface area contributed by atoms with Crippen molar-refractivity contribution in [1.29, 1.82) is 0 Å². The van der Waals surface area contributed by atoms with Crippen LogP contribution < -0.4 is 10.9 Å². The molecule has 0 spiro atoms. The van der Waals surface area contributed by atoms with Crippen LogP contribution in [-0.4, -0.2) is 21.6 Å². The summed E-state index contributed by atoms with van der Waals surface area (Å²) in [6, 6.07) is 2.88. The molecule has 0 aromatic carbocycles. The number of aromatic nitrogens is 1. The molecule has 0 aliphatic carbocycles. The fourth-order valence-corrected chi connectivity index (χ4v) is 1.46. The number of nitrogens with zero attached hydrogens (tertiary/aromatic N) is 1. The molecule has 0 radical (unpaired) electrons. The van der Waals surface area contributed by atoms with Gasteiger partial charge in [0.05, 0.1) is 12.1 Å². The number of hydrogen-bond donors (Lipinski definition) is 2. The van der Waals surface area contributed by atoms with Gasteiger partial charge in [-0.1, -0.05) is 6.92 Å². The minimum absolute atomic E-state index is 0.0811. The zero-order valence-electron chi connectivity index (χ0n) is 10.2. The van der Waals surface area contributed by atoms with Crippen molar-refractivity contribution < 1.29 is 14.7 Å². The second-order valence-corrected chi connectivity index (χ2v) is 3.89. The quantitative estimate of drug-likeness (QED) is 0.792. The van der Waals surface area contributed by atoms with Gasteiger partial charge in [-0.3, -0.25) is 14.4 Å². The van der Waals surface area contributed by atoms with Crippen LogP contribution in [0.1, 0.15) is 26.2 Å². The molecule has 6 nitrogen and oxygen atoms in total. The molecular weight excluding hydrogens is 236 g/mol. The molecule has 2 N–H and O–H groups in total. The first-order valence-corrected chi connectivity index (χ1v) is 5.75. The van der Waals surface area contributed by atoms with E-state index in [1.807, 2.05) is 6.92 Å². The van der Waals surface area contributed by atoms with Crippen molar-refractivity contribution in [2.24, 2.45) is 0 Å². The third kappa shape index (κ3) is 4.40. The Balaban J connectivity index is 2.67. The summed E-state index contributed by atoms with van der Waals surface area (Å²) in [5.74, 6) is -1.39. The van der Waals surface area contributed by atoms with Crippen molar-refractivity contribution >= 4 is 17.6 Å². The number of amides is 1. The lowest BCUT2D eigenvalue weighted by molar-refractivity contribution is -0.138. The highest BCUT2D eigenvalue weighted by Crippen LogP contribution is 2.05. The highest BCUT2D eigenvalue weighted by Gasteiger charge is 2.06. The van der Waals surface area contributed by atoms with E-state index >= 15 is 0 Å². The van der Waals surface area contributed by atoms with Gasteiger partial charge >= 0.3 is 5.97 Å². The number of anilines is 1. The van der Waals surface area contributed by atoms with Crippen molar-refractivity contribution in [2.75, 3.05) is 5.32 Å². The molecule has 0 aliphatic rings. The van der Waals surface area contributed by atoms with E-state index in [1.54, 1.807) is 6.20 Å². The Bertz CT molecular complexity index is 493. The first kappa shape index (κ1) is 14.0. The number of pyridine rings is 1. The minimum atomic E-state index is -1.01. The summed E-state index contributed by atoms with van der Waals surface area (Å²) < 4.78 is 1.51. The minimum Gasteiger partial charge on any atom is -0.481 e. The van der Waals surface area contributed by atoms with Gasteiger partial charge in [-0.15, -0.1) is 0 Å². The number of aryl methyl sites for hydroxylation is 1. The number of hydrogen-bond acceptors (Lipinski definition) is 3. The molecule has 6 heteroatoms. The predicted octanol–water partition coefficient (Wildman–Crippen LogP) is 1.06. The van der Waals surface area contributed by atoms with Crippen molar-refractivity contribution in [2.45, 2.75) is 32.7 Å². The van der Waals surface area contributed by atoms with Crippen LogP contribution in [0.2, 0.25) is 0 Å². The zero-order valence-corrected chi connectivity index (χ0v) is 10.2. The maximum Gasteiger partial charge on any atom is 0.303 e. The molecule has 1 rings (SSSR count). The summed E-state index contributed by atoms with van der Waals surface area (Å²) >= 11 is 0. The Kier molecular flexibility index (Phi) is 5.10. The second kappa shape index (κ2) is 6.58. The Labute approximate surface area is 104 Å². The number of rotatable bonds is 6. The molecule has 0 unspecified atom stereocenters. The summed E-state index contributed by atoms with van der Waals surface area (Å²) in [4.78, 5) is 33.2. The van der Waals surface area contributed by atoms with Gasteiger partial charge < -0.3 is 15.0 Å². The number of carbonyl (C=O) groups excluding carboxylic acids is 1. The monoisotopic (exact) mass is 252 g/mol. The standard InChI is InChI=1S/C12H16N2O4/c1-2-7-14-8-9(3-5-11(14)16)13-10(15)4-6-12(17)18/h3,5,8H,2,4,6-7H2,1H3,(H,13,15)(H,17,18). The third-order valence-corrected chi connectivity index (χ3v) is 2.30. The van der Waals surface area contributed by atoms with Crippen molar-refractivity contribution in [3.05, 3.63) is 28.7 Å². The Morgan fingerprint density at radius 3 is 2.67 bits per heavy atom. The van der Waals surface area contributed by atoms with Gasteiger partial charge in [0.2, 0.25) is 5.91 Å². The maximum absolute atomic E-state index is 11.4. The first-order valence-electron chi connectivity index (χ1n) is 5.75. The summed E-state index contributed by atoms with van der Waals surface area (Å²) in [6.45, 7) is 2.53. The van der Waals surface area contributed by atoms with Gasteiger partial charge in [-0.25, -0.2) is 0 Å². The van der Waals surface area contributed by atoms with Gasteiger partial charge in [-0.2, -0.15) is 0 Å². The van der Waals surface area contributed by atoms with Crippen LogP contribution in [0, 0.1) is 0 Å². The van der Waals surface area contributed by atoms with Crippen LogP contribution in [0.3, 0.4) is 0 Å². The fourth-order valence-electron chi connectivity index (χ4n) is 1.46. The number of carboxylic acid groups (broad SMARTS) is 1. The van der Waals surface area contributed by atoms with Crippen LogP contribution in [0.25, 0.3) is 0 Å². The van der Waals surface area contributed by atoms with Gasteiger partial charge in [0.15, 0.2) is 0 Å². The summed E-state index contributed by atoms with van der Waals surface area (Å²) in [5, 5.41) is 11.0. The predicted molar refractivity (Wildman–Crippen MR) is 66.5 cm³/mol. The molecule has 0 saturated heterocycles. The summed E-state index contributed by atoms with van der Waals surface area (Å²) in [5.41, 5.74) is 0.374. The maximum atomic E-state index is 11.4. The van der Waals surface area contributed by atoms with E-state index in [1.165, 1.54) is 16.7 Å². The third-order valence-electron chi connectivity index (χ3n) is 2.30. The molecule has 0 aliphatic heterocycles. The van der Waals surface area contributed by atoms with Gasteiger partial charge in [0.1, 0.15) is 0 Å². The second-order valence-electron chi connectivity index (χ2n) is 3.89. The molecule has 0 bridgehead atoms. The van der Waals surface area contributed by atoms with Gasteiger partial charge in [0, 0.05) is 25.2 Å². The Hall–Kier alpha value is -2.11. The van der Waals surface area contributed by atoms with Crippen LogP contribution in [0.4, 0.5) is 5.69 Å². The molecule has 1 amide bonds. The van der Waals surface area contributed by atoms with Crippen molar-refractivity contribution in [1.82, 2.24) is 4.57 Å². The van der Waals surface area contributed by atoms with Crippen LogP contribution in [0.5, 0.6) is 0 Å². The van der Waals surface area contributed by atoms with Crippen LogP contribution in [-0.2, 0) is 16.1 Å². The van der Waals surface area contributed by atoms with E-state index in [0.29, 0.717) is 12.2 Å². The average molecular weight is 252 g/mol. The van der Waals surface area contributed by atoms with Crippen molar-refractivity contribution in [3.8, 4) is 0 Å². The lowest BCUT2D eigenvalue weighted by Gasteiger charge is -2.08. The normalized spacial score (nSPS) is 10.1. The van der Waals surface area contributed by atoms with E-state index in [0.717, 1.165) is 6.42 Å². The molecule has 1 aromatic heterocycles. The molecule has 0 atom stereocenters. The van der Waals surface area contributed by atoms with E-state index < -0.39 is 5.97 Å². The SMILES string of the molecule is CCCn1cc(NC(=O)CCC(=O)O)ccc1=O. The Morgan fingerprint density at radius 1 is 1.33 bits per heavy atom.